The minimum absolute atomic E-state index is 0.284. The molecule has 0 fully saturated rings. The molecule has 0 spiro atoms. The predicted octanol–water partition coefficient (Wildman–Crippen LogP) is 4.35. The minimum Gasteiger partial charge on any atom is -0.366 e. The van der Waals surface area contributed by atoms with Crippen molar-refractivity contribution in [3.05, 3.63) is 76.2 Å². The molecule has 1 heterocycles. The lowest BCUT2D eigenvalue weighted by Gasteiger charge is -2.06. The van der Waals surface area contributed by atoms with Gasteiger partial charge >= 0.3 is 0 Å². The van der Waals surface area contributed by atoms with E-state index in [1.807, 2.05) is 6.92 Å². The van der Waals surface area contributed by atoms with Gasteiger partial charge in [-0.15, -0.1) is 11.3 Å². The van der Waals surface area contributed by atoms with Gasteiger partial charge in [0.2, 0.25) is 5.91 Å². The highest BCUT2D eigenvalue weighted by atomic mass is 32.1. The Kier molecular flexibility index (Phi) is 4.81. The molecule has 3 rings (SSSR count). The Morgan fingerprint density at radius 3 is 2.38 bits per heavy atom. The van der Waals surface area contributed by atoms with Gasteiger partial charge in [-0.25, -0.2) is 8.78 Å². The first-order valence-electron chi connectivity index (χ1n) is 7.63. The molecule has 0 aliphatic heterocycles. The molecule has 2 aromatic carbocycles. The van der Waals surface area contributed by atoms with Gasteiger partial charge in [-0.3, -0.25) is 9.59 Å². The number of thiophene rings is 1. The first kappa shape index (κ1) is 17.8. The summed E-state index contributed by atoms with van der Waals surface area (Å²) in [5.74, 6) is -2.86. The van der Waals surface area contributed by atoms with Crippen molar-refractivity contribution in [2.75, 3.05) is 5.32 Å². The summed E-state index contributed by atoms with van der Waals surface area (Å²) in [6.45, 7) is 1.87. The van der Waals surface area contributed by atoms with Crippen LogP contribution in [0.5, 0.6) is 0 Å². The number of nitrogens with one attached hydrogen (secondary N) is 1. The highest BCUT2D eigenvalue weighted by molar-refractivity contribution is 7.17. The lowest BCUT2D eigenvalue weighted by atomic mass is 10.0. The topological polar surface area (TPSA) is 72.2 Å². The molecule has 0 atom stereocenters. The zero-order chi connectivity index (χ0) is 18.8. The van der Waals surface area contributed by atoms with E-state index >= 15 is 0 Å². The highest BCUT2D eigenvalue weighted by Crippen LogP contribution is 2.32. The third-order valence-corrected chi connectivity index (χ3v) is 4.94. The van der Waals surface area contributed by atoms with E-state index in [4.69, 9.17) is 5.73 Å². The Labute approximate surface area is 152 Å². The van der Waals surface area contributed by atoms with E-state index in [0.717, 1.165) is 39.5 Å². The number of para-hydroxylation sites is 1. The number of nitrogens with two attached hydrogens (primary N) is 1. The first-order valence-corrected chi connectivity index (χ1v) is 8.44. The molecule has 0 aliphatic carbocycles. The molecule has 0 unspecified atom stereocenters. The molecule has 1 aromatic heterocycles. The van der Waals surface area contributed by atoms with Crippen LogP contribution in [0, 0.1) is 18.6 Å². The van der Waals surface area contributed by atoms with Gasteiger partial charge in [-0.05, 0) is 54.4 Å². The number of hydrogen-bond acceptors (Lipinski definition) is 3. The summed E-state index contributed by atoms with van der Waals surface area (Å²) in [6, 6.07) is 11.7. The first-order chi connectivity index (χ1) is 12.4. The molecular formula is C19H14F2N2O2S. The lowest BCUT2D eigenvalue weighted by Crippen LogP contribution is -2.12. The summed E-state index contributed by atoms with van der Waals surface area (Å²) < 4.78 is 27.3. The maximum Gasteiger partial charge on any atom is 0.265 e. The molecule has 0 saturated carbocycles. The van der Waals surface area contributed by atoms with Crippen LogP contribution in [0.2, 0.25) is 0 Å². The van der Waals surface area contributed by atoms with Crippen molar-refractivity contribution in [2.24, 2.45) is 5.73 Å². The standard InChI is InChI=1S/C19H14F2N2O2S/c1-10-5-6-11(18(22)24)9-12(10)15-7-8-16(26-15)19(25)23-17-13(20)3-2-4-14(17)21/h2-9H,1H3,(H2,22,24)(H,23,25). The number of primary amides is 1. The summed E-state index contributed by atoms with van der Waals surface area (Å²) in [5, 5.41) is 2.25. The molecule has 26 heavy (non-hydrogen) atoms. The third-order valence-electron chi connectivity index (χ3n) is 3.82. The molecule has 0 bridgehead atoms. The maximum atomic E-state index is 13.7. The van der Waals surface area contributed by atoms with Gasteiger partial charge < -0.3 is 11.1 Å². The second kappa shape index (κ2) is 7.05. The van der Waals surface area contributed by atoms with Crippen LogP contribution < -0.4 is 11.1 Å². The molecule has 0 radical (unpaired) electrons. The average Bonchev–Trinajstić information content (AvgIpc) is 3.08. The Hall–Kier alpha value is -3.06. The molecule has 0 aliphatic rings. The van der Waals surface area contributed by atoms with Crippen LogP contribution in [0.3, 0.4) is 0 Å². The predicted molar refractivity (Wildman–Crippen MR) is 97.3 cm³/mol. The van der Waals surface area contributed by atoms with E-state index in [2.05, 4.69) is 5.32 Å². The Bertz CT molecular complexity index is 994. The number of carbonyl (C=O) groups excluding carboxylic acids is 2. The number of hydrogen-bond donors (Lipinski definition) is 2. The number of amides is 2. The van der Waals surface area contributed by atoms with Crippen molar-refractivity contribution in [3.63, 3.8) is 0 Å². The van der Waals surface area contributed by atoms with Gasteiger partial charge in [0.15, 0.2) is 0 Å². The number of carbonyl (C=O) groups is 2. The van der Waals surface area contributed by atoms with Crippen molar-refractivity contribution in [1.29, 1.82) is 0 Å². The molecule has 3 aromatic rings. The fourth-order valence-electron chi connectivity index (χ4n) is 2.44. The molecule has 7 heteroatoms. The van der Waals surface area contributed by atoms with Crippen LogP contribution >= 0.6 is 11.3 Å². The van der Waals surface area contributed by atoms with Crippen LogP contribution in [-0.4, -0.2) is 11.8 Å². The van der Waals surface area contributed by atoms with Crippen LogP contribution in [0.4, 0.5) is 14.5 Å². The molecule has 2 amide bonds. The van der Waals surface area contributed by atoms with Gasteiger partial charge in [-0.2, -0.15) is 0 Å². The van der Waals surface area contributed by atoms with Crippen molar-refractivity contribution in [1.82, 2.24) is 0 Å². The van der Waals surface area contributed by atoms with Gasteiger partial charge in [0.05, 0.1) is 4.88 Å². The monoisotopic (exact) mass is 372 g/mol. The zero-order valence-corrected chi connectivity index (χ0v) is 14.5. The summed E-state index contributed by atoms with van der Waals surface area (Å²) >= 11 is 1.15. The summed E-state index contributed by atoms with van der Waals surface area (Å²) in [4.78, 5) is 24.7. The van der Waals surface area contributed by atoms with Gasteiger partial charge in [0, 0.05) is 10.4 Å². The number of anilines is 1. The van der Waals surface area contributed by atoms with Gasteiger partial charge in [0.25, 0.3) is 5.91 Å². The Balaban J connectivity index is 1.90. The van der Waals surface area contributed by atoms with E-state index in [0.29, 0.717) is 5.56 Å². The fraction of sp³-hybridized carbons (Fsp3) is 0.0526. The molecule has 0 saturated heterocycles. The largest absolute Gasteiger partial charge is 0.366 e. The number of rotatable bonds is 4. The van der Waals surface area contributed by atoms with Crippen molar-refractivity contribution >= 4 is 28.8 Å². The van der Waals surface area contributed by atoms with Gasteiger partial charge in [-0.1, -0.05) is 12.1 Å². The molecule has 3 N–H and O–H groups in total. The Morgan fingerprint density at radius 2 is 1.73 bits per heavy atom. The SMILES string of the molecule is Cc1ccc(C(N)=O)cc1-c1ccc(C(=O)Nc2c(F)cccc2F)s1. The number of halogens is 2. The zero-order valence-electron chi connectivity index (χ0n) is 13.7. The molecular weight excluding hydrogens is 358 g/mol. The van der Waals surface area contributed by atoms with Crippen LogP contribution in [-0.2, 0) is 0 Å². The van der Waals surface area contributed by atoms with Crippen LogP contribution in [0.15, 0.2) is 48.5 Å². The van der Waals surface area contributed by atoms with E-state index in [-0.39, 0.29) is 4.88 Å². The number of benzene rings is 2. The van der Waals surface area contributed by atoms with Crippen molar-refractivity contribution < 1.29 is 18.4 Å². The minimum atomic E-state index is -0.847. The lowest BCUT2D eigenvalue weighted by molar-refractivity contribution is 0.0998. The second-order valence-electron chi connectivity index (χ2n) is 5.61. The van der Waals surface area contributed by atoms with E-state index < -0.39 is 29.1 Å². The molecule has 4 nitrogen and oxygen atoms in total. The van der Waals surface area contributed by atoms with Gasteiger partial charge in [0.1, 0.15) is 17.3 Å². The fourth-order valence-corrected chi connectivity index (χ4v) is 3.42. The Morgan fingerprint density at radius 1 is 1.04 bits per heavy atom. The second-order valence-corrected chi connectivity index (χ2v) is 6.69. The van der Waals surface area contributed by atoms with Crippen LogP contribution in [0.1, 0.15) is 25.6 Å². The smallest absolute Gasteiger partial charge is 0.265 e. The normalized spacial score (nSPS) is 10.6. The summed E-state index contributed by atoms with van der Waals surface area (Å²) in [6.07, 6.45) is 0. The maximum absolute atomic E-state index is 13.7. The van der Waals surface area contributed by atoms with Crippen molar-refractivity contribution in [2.45, 2.75) is 6.92 Å². The van der Waals surface area contributed by atoms with E-state index in [1.165, 1.54) is 6.07 Å². The summed E-state index contributed by atoms with van der Waals surface area (Å²) in [5.41, 5.74) is 6.85. The van der Waals surface area contributed by atoms with Crippen molar-refractivity contribution in [3.8, 4) is 10.4 Å². The quantitative estimate of drug-likeness (QED) is 0.714. The summed E-state index contributed by atoms with van der Waals surface area (Å²) in [7, 11) is 0. The highest BCUT2D eigenvalue weighted by Gasteiger charge is 2.16. The van der Waals surface area contributed by atoms with Crippen LogP contribution in [0.25, 0.3) is 10.4 Å². The van der Waals surface area contributed by atoms with E-state index in [9.17, 15) is 18.4 Å². The molecule has 132 valence electrons. The average molecular weight is 372 g/mol. The van der Waals surface area contributed by atoms with E-state index in [1.54, 1.807) is 30.3 Å². The third kappa shape index (κ3) is 3.48. The number of aryl methyl sites for hydroxylation is 1.